The molecule has 2 atom stereocenters. The van der Waals surface area contributed by atoms with Crippen molar-refractivity contribution in [2.45, 2.75) is 19.1 Å². The van der Waals surface area contributed by atoms with Crippen LogP contribution in [0.2, 0.25) is 0 Å². The summed E-state index contributed by atoms with van der Waals surface area (Å²) in [5, 5.41) is 9.47. The molecule has 2 aromatic rings. The fourth-order valence-corrected chi connectivity index (χ4v) is 3.12. The largest absolute Gasteiger partial charge is 1.00 e. The molecule has 3 rings (SSSR count). The number of carbonyl (C=O) groups is 2. The van der Waals surface area contributed by atoms with E-state index in [2.05, 4.69) is 0 Å². The predicted octanol–water partition coefficient (Wildman–Crippen LogP) is 0.588. The fraction of sp³-hybridized carbons (Fsp3) is 0.263. The Kier molecular flexibility index (Phi) is 7.05. The third kappa shape index (κ3) is 4.63. The molecule has 0 bridgehead atoms. The van der Waals surface area contributed by atoms with Crippen molar-refractivity contribution in [3.05, 3.63) is 71.8 Å². The summed E-state index contributed by atoms with van der Waals surface area (Å²) in [6.45, 7) is 0.555. The molecule has 2 unspecified atom stereocenters. The summed E-state index contributed by atoms with van der Waals surface area (Å²) in [5.74, 6) is -1.50. The van der Waals surface area contributed by atoms with Gasteiger partial charge in [0.1, 0.15) is 6.61 Å². The van der Waals surface area contributed by atoms with Crippen molar-refractivity contribution in [3.8, 4) is 0 Å². The van der Waals surface area contributed by atoms with E-state index in [-0.39, 0.29) is 37.6 Å². The molecule has 25 heavy (non-hydrogen) atoms. The molecule has 1 N–H and O–H groups in total. The van der Waals surface area contributed by atoms with Crippen LogP contribution in [0.25, 0.3) is 0 Å². The van der Waals surface area contributed by atoms with Crippen LogP contribution < -0.4 is 29.6 Å². The van der Waals surface area contributed by atoms with Crippen LogP contribution in [-0.2, 0) is 16.1 Å². The first kappa shape index (κ1) is 19.5. The van der Waals surface area contributed by atoms with Crippen LogP contribution in [0, 0.1) is 5.92 Å². The van der Waals surface area contributed by atoms with Gasteiger partial charge in [-0.05, 0) is 17.5 Å². The summed E-state index contributed by atoms with van der Waals surface area (Å²) in [4.78, 5) is 25.6. The molecule has 1 fully saturated rings. The van der Waals surface area contributed by atoms with Crippen LogP contribution in [0.4, 0.5) is 4.79 Å². The van der Waals surface area contributed by atoms with Crippen molar-refractivity contribution in [3.63, 3.8) is 0 Å². The molecule has 1 aliphatic rings. The Balaban J connectivity index is 0.00000169. The van der Waals surface area contributed by atoms with E-state index in [0.29, 0.717) is 13.0 Å². The third-order valence-corrected chi connectivity index (χ3v) is 4.30. The number of carboxylic acid groups (broad SMARTS) is 1. The van der Waals surface area contributed by atoms with E-state index in [1.165, 1.54) is 4.90 Å². The Morgan fingerprint density at radius 2 is 1.68 bits per heavy atom. The second kappa shape index (κ2) is 9.04. The number of ether oxygens (including phenoxy) is 1. The number of hydrogen-bond acceptors (Lipinski definition) is 3. The molecule has 0 aliphatic carbocycles. The normalized spacial score (nSPS) is 19.1. The van der Waals surface area contributed by atoms with Crippen LogP contribution in [0.3, 0.4) is 0 Å². The van der Waals surface area contributed by atoms with Crippen LogP contribution >= 0.6 is 0 Å². The Morgan fingerprint density at radius 3 is 2.28 bits per heavy atom. The Hall–Kier alpha value is -1.82. The van der Waals surface area contributed by atoms with E-state index in [1.54, 1.807) is 0 Å². The van der Waals surface area contributed by atoms with Gasteiger partial charge in [0.2, 0.25) is 0 Å². The molecule has 1 amide bonds. The van der Waals surface area contributed by atoms with Crippen molar-refractivity contribution < 1.29 is 50.4 Å². The third-order valence-electron chi connectivity index (χ3n) is 4.30. The molecule has 6 heteroatoms. The maximum absolute atomic E-state index is 12.5. The number of benzene rings is 2. The van der Waals surface area contributed by atoms with Gasteiger partial charge in [0.15, 0.2) is 0 Å². The van der Waals surface area contributed by atoms with Gasteiger partial charge >= 0.3 is 41.6 Å². The summed E-state index contributed by atoms with van der Waals surface area (Å²) in [7, 11) is 0. The number of aliphatic carboxylic acids is 1. The number of amides is 1. The van der Waals surface area contributed by atoms with Crippen molar-refractivity contribution in [1.29, 1.82) is 0 Å². The SMILES string of the molecule is O=C(O)C1CCN(C(=O)OCc2ccccc2)C1c1ccccc1.[H-].[Na+]. The molecule has 1 saturated heterocycles. The van der Waals surface area contributed by atoms with Gasteiger partial charge in [0.25, 0.3) is 0 Å². The quantitative estimate of drug-likeness (QED) is 0.821. The Labute approximate surface area is 170 Å². The van der Waals surface area contributed by atoms with Crippen molar-refractivity contribution in [2.24, 2.45) is 5.92 Å². The maximum atomic E-state index is 12.5. The number of nitrogens with zero attached hydrogens (tertiary/aromatic N) is 1. The number of rotatable bonds is 4. The maximum Gasteiger partial charge on any atom is 1.00 e. The summed E-state index contributed by atoms with van der Waals surface area (Å²) < 4.78 is 5.39. The van der Waals surface area contributed by atoms with E-state index in [0.717, 1.165) is 11.1 Å². The molecule has 5 nitrogen and oxygen atoms in total. The van der Waals surface area contributed by atoms with E-state index in [9.17, 15) is 14.7 Å². The van der Waals surface area contributed by atoms with Gasteiger partial charge in [-0.1, -0.05) is 60.7 Å². The van der Waals surface area contributed by atoms with E-state index < -0.39 is 24.0 Å². The van der Waals surface area contributed by atoms with E-state index in [1.807, 2.05) is 60.7 Å². The minimum absolute atomic E-state index is 0. The van der Waals surface area contributed by atoms with Gasteiger partial charge < -0.3 is 16.2 Å². The Morgan fingerprint density at radius 1 is 1.08 bits per heavy atom. The topological polar surface area (TPSA) is 66.8 Å². The number of carboxylic acids is 1. The number of carbonyl (C=O) groups excluding carboxylic acids is 1. The molecule has 0 radical (unpaired) electrons. The van der Waals surface area contributed by atoms with E-state index in [4.69, 9.17) is 4.74 Å². The van der Waals surface area contributed by atoms with Gasteiger partial charge in [-0.3, -0.25) is 4.79 Å². The van der Waals surface area contributed by atoms with Gasteiger partial charge in [-0.15, -0.1) is 0 Å². The molecule has 126 valence electrons. The second-order valence-corrected chi connectivity index (χ2v) is 5.82. The molecule has 2 aromatic carbocycles. The molecule has 0 saturated carbocycles. The minimum atomic E-state index is -0.887. The second-order valence-electron chi connectivity index (χ2n) is 5.82. The van der Waals surface area contributed by atoms with E-state index >= 15 is 0 Å². The zero-order valence-corrected chi connectivity index (χ0v) is 16.2. The van der Waals surface area contributed by atoms with Crippen molar-refractivity contribution in [2.75, 3.05) is 6.54 Å². The number of hydrogen-bond donors (Lipinski definition) is 1. The van der Waals surface area contributed by atoms with Gasteiger partial charge in [-0.25, -0.2) is 4.79 Å². The fourth-order valence-electron chi connectivity index (χ4n) is 3.12. The first-order valence-corrected chi connectivity index (χ1v) is 7.92. The summed E-state index contributed by atoms with van der Waals surface area (Å²) in [6, 6.07) is 18.2. The first-order valence-electron chi connectivity index (χ1n) is 7.92. The number of likely N-dealkylation sites (tertiary alicyclic amines) is 1. The van der Waals surface area contributed by atoms with Crippen LogP contribution in [0.15, 0.2) is 60.7 Å². The molecular weight excluding hydrogens is 329 g/mol. The first-order chi connectivity index (χ1) is 11.7. The zero-order valence-electron chi connectivity index (χ0n) is 15.2. The average molecular weight is 349 g/mol. The standard InChI is InChI=1S/C19H19NO4.Na.H/c21-18(22)16-11-12-20(17(16)15-9-5-2-6-10-15)19(23)24-13-14-7-3-1-4-8-14;;/h1-10,16-17H,11-13H2,(H,21,22);;/q;+1;-1. The zero-order chi connectivity index (χ0) is 16.9. The minimum Gasteiger partial charge on any atom is -1.00 e. The molecule has 1 heterocycles. The van der Waals surface area contributed by atoms with Crippen molar-refractivity contribution in [1.82, 2.24) is 4.90 Å². The van der Waals surface area contributed by atoms with Gasteiger partial charge in [-0.2, -0.15) is 0 Å². The monoisotopic (exact) mass is 349 g/mol. The van der Waals surface area contributed by atoms with Gasteiger partial charge in [0, 0.05) is 6.54 Å². The molecule has 0 spiro atoms. The van der Waals surface area contributed by atoms with Crippen molar-refractivity contribution >= 4 is 12.1 Å². The molecule has 0 aromatic heterocycles. The van der Waals surface area contributed by atoms with Gasteiger partial charge in [0.05, 0.1) is 12.0 Å². The van der Waals surface area contributed by atoms with Crippen LogP contribution in [-0.4, -0.2) is 28.6 Å². The van der Waals surface area contributed by atoms with Crippen LogP contribution in [0.1, 0.15) is 25.0 Å². The summed E-state index contributed by atoms with van der Waals surface area (Å²) >= 11 is 0. The van der Waals surface area contributed by atoms with Crippen LogP contribution in [0.5, 0.6) is 0 Å². The predicted molar refractivity (Wildman–Crippen MR) is 89.4 cm³/mol. The summed E-state index contributed by atoms with van der Waals surface area (Å²) in [5.41, 5.74) is 1.72. The smallest absolute Gasteiger partial charge is 1.00 e. The molecule has 1 aliphatic heterocycles. The summed E-state index contributed by atoms with van der Waals surface area (Å²) in [6.07, 6.45) is -0.0496. The Bertz CT molecular complexity index is 714. The average Bonchev–Trinajstić information content (AvgIpc) is 3.07. The molecular formula is C19H20NNaO4.